The van der Waals surface area contributed by atoms with Crippen LogP contribution in [0, 0.1) is 0 Å². The van der Waals surface area contributed by atoms with Crippen LogP contribution in [0.15, 0.2) is 12.1 Å². The summed E-state index contributed by atoms with van der Waals surface area (Å²) in [5.41, 5.74) is 10.2. The van der Waals surface area contributed by atoms with Crippen LogP contribution < -0.4 is 10.5 Å². The highest BCUT2D eigenvalue weighted by Crippen LogP contribution is 2.46. The molecule has 118 valence electrons. The minimum atomic E-state index is -0.199. The van der Waals surface area contributed by atoms with Crippen molar-refractivity contribution in [2.45, 2.75) is 84.3 Å². The van der Waals surface area contributed by atoms with Crippen LogP contribution in [0.25, 0.3) is 0 Å². The predicted molar refractivity (Wildman–Crippen MR) is 90.1 cm³/mol. The fraction of sp³-hybridized carbons (Fsp3) is 0.684. The van der Waals surface area contributed by atoms with Gasteiger partial charge in [-0.2, -0.15) is 0 Å². The van der Waals surface area contributed by atoms with Gasteiger partial charge in [0.15, 0.2) is 0 Å². The molecule has 0 amide bonds. The van der Waals surface area contributed by atoms with Crippen LogP contribution in [-0.4, -0.2) is 5.60 Å². The van der Waals surface area contributed by atoms with Crippen molar-refractivity contribution in [3.8, 4) is 5.75 Å². The Morgan fingerprint density at radius 1 is 1.05 bits per heavy atom. The minimum Gasteiger partial charge on any atom is -0.487 e. The molecule has 0 radical (unpaired) electrons. The molecule has 0 aliphatic carbocycles. The Morgan fingerprint density at radius 3 is 2.10 bits per heavy atom. The monoisotopic (exact) mass is 289 g/mol. The van der Waals surface area contributed by atoms with Crippen LogP contribution in [0.1, 0.15) is 84.5 Å². The molecule has 1 aromatic carbocycles. The first kappa shape index (κ1) is 16.4. The quantitative estimate of drug-likeness (QED) is 0.741. The lowest BCUT2D eigenvalue weighted by Crippen LogP contribution is -2.39. The maximum atomic E-state index is 6.47. The average Bonchev–Trinajstić information content (AvgIpc) is 2.23. The van der Waals surface area contributed by atoms with Crippen molar-refractivity contribution in [2.24, 2.45) is 5.73 Å². The number of benzene rings is 1. The van der Waals surface area contributed by atoms with E-state index < -0.39 is 0 Å². The average molecular weight is 289 g/mol. The van der Waals surface area contributed by atoms with Crippen LogP contribution in [0.5, 0.6) is 5.75 Å². The van der Waals surface area contributed by atoms with Crippen molar-refractivity contribution in [3.05, 3.63) is 28.8 Å². The molecule has 0 bridgehead atoms. The molecule has 1 atom stereocenters. The predicted octanol–water partition coefficient (Wildman–Crippen LogP) is 4.84. The summed E-state index contributed by atoms with van der Waals surface area (Å²) < 4.78 is 6.34. The van der Waals surface area contributed by atoms with E-state index in [0.29, 0.717) is 0 Å². The SMILES string of the molecule is CC1(C)CC(N)c2cc(C(C)(C)C)cc(C(C)(C)C)c2O1. The van der Waals surface area contributed by atoms with Gasteiger partial charge >= 0.3 is 0 Å². The Bertz CT molecular complexity index is 544. The summed E-state index contributed by atoms with van der Waals surface area (Å²) in [6, 6.07) is 4.62. The van der Waals surface area contributed by atoms with Crippen molar-refractivity contribution in [3.63, 3.8) is 0 Å². The maximum absolute atomic E-state index is 6.47. The first-order valence-electron chi connectivity index (χ1n) is 7.95. The van der Waals surface area contributed by atoms with E-state index in [1.807, 2.05) is 0 Å². The molecule has 0 fully saturated rings. The lowest BCUT2D eigenvalue weighted by atomic mass is 9.76. The van der Waals surface area contributed by atoms with Crippen molar-refractivity contribution in [2.75, 3.05) is 0 Å². The molecule has 1 aliphatic heterocycles. The summed E-state index contributed by atoms with van der Waals surface area (Å²) in [6.45, 7) is 17.7. The van der Waals surface area contributed by atoms with Crippen molar-refractivity contribution >= 4 is 0 Å². The maximum Gasteiger partial charge on any atom is 0.128 e. The Morgan fingerprint density at radius 2 is 1.62 bits per heavy atom. The number of ether oxygens (including phenoxy) is 1. The standard InChI is InChI=1S/C19H31NO/c1-17(2,3)12-9-13-15(20)11-19(7,8)21-16(13)14(10-12)18(4,5)6/h9-10,15H,11,20H2,1-8H3. The van der Waals surface area contributed by atoms with E-state index in [2.05, 4.69) is 67.5 Å². The largest absolute Gasteiger partial charge is 0.487 e. The van der Waals surface area contributed by atoms with Gasteiger partial charge in [0, 0.05) is 23.6 Å². The molecule has 1 aromatic rings. The zero-order valence-corrected chi connectivity index (χ0v) is 14.9. The van der Waals surface area contributed by atoms with Crippen molar-refractivity contribution in [1.29, 1.82) is 0 Å². The zero-order valence-electron chi connectivity index (χ0n) is 14.9. The minimum absolute atomic E-state index is 0.0402. The number of rotatable bonds is 0. The van der Waals surface area contributed by atoms with Gasteiger partial charge in [0.25, 0.3) is 0 Å². The summed E-state index contributed by atoms with van der Waals surface area (Å²) in [4.78, 5) is 0. The van der Waals surface area contributed by atoms with Gasteiger partial charge in [0.05, 0.1) is 0 Å². The highest BCUT2D eigenvalue weighted by molar-refractivity contribution is 5.52. The second kappa shape index (κ2) is 4.74. The van der Waals surface area contributed by atoms with E-state index in [1.54, 1.807) is 0 Å². The summed E-state index contributed by atoms with van der Waals surface area (Å²) in [5, 5.41) is 0. The second-order valence-corrected chi connectivity index (χ2v) is 9.11. The van der Waals surface area contributed by atoms with Crippen LogP contribution in [0.4, 0.5) is 0 Å². The molecule has 1 heterocycles. The van der Waals surface area contributed by atoms with Gasteiger partial charge in [0.1, 0.15) is 11.4 Å². The van der Waals surface area contributed by atoms with E-state index in [4.69, 9.17) is 10.5 Å². The van der Waals surface area contributed by atoms with Gasteiger partial charge in [-0.1, -0.05) is 47.6 Å². The summed E-state index contributed by atoms with van der Waals surface area (Å²) in [6.07, 6.45) is 0.858. The van der Waals surface area contributed by atoms with E-state index in [1.165, 1.54) is 16.7 Å². The number of hydrogen-bond acceptors (Lipinski definition) is 2. The van der Waals surface area contributed by atoms with E-state index in [9.17, 15) is 0 Å². The van der Waals surface area contributed by atoms with E-state index >= 15 is 0 Å². The molecular weight excluding hydrogens is 258 g/mol. The molecule has 0 saturated heterocycles. The molecular formula is C19H31NO. The van der Waals surface area contributed by atoms with Crippen molar-refractivity contribution in [1.82, 2.24) is 0 Å². The van der Waals surface area contributed by atoms with E-state index in [-0.39, 0.29) is 22.5 Å². The van der Waals surface area contributed by atoms with Gasteiger partial charge in [0.2, 0.25) is 0 Å². The van der Waals surface area contributed by atoms with Crippen LogP contribution in [0.2, 0.25) is 0 Å². The van der Waals surface area contributed by atoms with Crippen LogP contribution in [-0.2, 0) is 10.8 Å². The molecule has 1 unspecified atom stereocenters. The first-order chi connectivity index (χ1) is 9.31. The van der Waals surface area contributed by atoms with Gasteiger partial charge in [-0.3, -0.25) is 0 Å². The molecule has 2 rings (SSSR count). The fourth-order valence-corrected chi connectivity index (χ4v) is 2.99. The Balaban J connectivity index is 2.72. The molecule has 0 aromatic heterocycles. The normalized spacial score (nSPS) is 21.7. The smallest absolute Gasteiger partial charge is 0.128 e. The highest BCUT2D eigenvalue weighted by Gasteiger charge is 2.36. The number of fused-ring (bicyclic) bond motifs is 1. The molecule has 0 spiro atoms. The third kappa shape index (κ3) is 3.26. The number of nitrogens with two attached hydrogens (primary N) is 1. The summed E-state index contributed by atoms with van der Waals surface area (Å²) >= 11 is 0. The molecule has 2 heteroatoms. The Hall–Kier alpha value is -1.02. The van der Waals surface area contributed by atoms with Crippen LogP contribution >= 0.6 is 0 Å². The Labute approximate surface area is 130 Å². The van der Waals surface area contributed by atoms with Gasteiger partial charge in [-0.25, -0.2) is 0 Å². The number of hydrogen-bond donors (Lipinski definition) is 1. The molecule has 1 aliphatic rings. The lowest BCUT2D eigenvalue weighted by Gasteiger charge is -2.40. The topological polar surface area (TPSA) is 35.2 Å². The third-order valence-corrected chi connectivity index (χ3v) is 4.28. The van der Waals surface area contributed by atoms with E-state index in [0.717, 1.165) is 12.2 Å². The molecule has 0 saturated carbocycles. The van der Waals surface area contributed by atoms with Gasteiger partial charge in [-0.05, 0) is 36.3 Å². The van der Waals surface area contributed by atoms with Gasteiger partial charge in [-0.15, -0.1) is 0 Å². The fourth-order valence-electron chi connectivity index (χ4n) is 2.99. The van der Waals surface area contributed by atoms with Gasteiger partial charge < -0.3 is 10.5 Å². The second-order valence-electron chi connectivity index (χ2n) is 9.11. The van der Waals surface area contributed by atoms with Crippen LogP contribution in [0.3, 0.4) is 0 Å². The summed E-state index contributed by atoms with van der Waals surface area (Å²) in [5.74, 6) is 1.01. The lowest BCUT2D eigenvalue weighted by molar-refractivity contribution is 0.0702. The Kier molecular flexibility index (Phi) is 3.69. The summed E-state index contributed by atoms with van der Waals surface area (Å²) in [7, 11) is 0. The highest BCUT2D eigenvalue weighted by atomic mass is 16.5. The molecule has 2 nitrogen and oxygen atoms in total. The van der Waals surface area contributed by atoms with Crippen molar-refractivity contribution < 1.29 is 4.74 Å². The molecule has 2 N–H and O–H groups in total. The third-order valence-electron chi connectivity index (χ3n) is 4.28. The molecule has 21 heavy (non-hydrogen) atoms. The first-order valence-corrected chi connectivity index (χ1v) is 7.95. The zero-order chi connectivity index (χ0) is 16.2.